The Kier molecular flexibility index (Phi) is 5.35. The lowest BCUT2D eigenvalue weighted by Crippen LogP contribution is -2.45. The van der Waals surface area contributed by atoms with Crippen molar-refractivity contribution in [3.8, 4) is 0 Å². The van der Waals surface area contributed by atoms with Crippen LogP contribution in [-0.2, 0) is 19.9 Å². The molecule has 136 valence electrons. The van der Waals surface area contributed by atoms with Gasteiger partial charge < -0.3 is 21.1 Å². The molecule has 0 bridgehead atoms. The number of benzene rings is 2. The summed E-state index contributed by atoms with van der Waals surface area (Å²) in [6, 6.07) is 16.1. The van der Waals surface area contributed by atoms with Gasteiger partial charge in [0.1, 0.15) is 11.6 Å². The van der Waals surface area contributed by atoms with Gasteiger partial charge in [0.15, 0.2) is 0 Å². The summed E-state index contributed by atoms with van der Waals surface area (Å²) in [5, 5.41) is 5.63. The van der Waals surface area contributed by atoms with Gasteiger partial charge in [0.2, 0.25) is 5.91 Å². The molecule has 2 amide bonds. The van der Waals surface area contributed by atoms with E-state index in [1.165, 1.54) is 0 Å². The fraction of sp³-hybridized carbons (Fsp3) is 0.300. The van der Waals surface area contributed by atoms with Crippen molar-refractivity contribution in [3.05, 3.63) is 60.2 Å². The maximum absolute atomic E-state index is 12.5. The molecular formula is C20H23N3O3. The molecule has 1 fully saturated rings. The highest BCUT2D eigenvalue weighted by Crippen LogP contribution is 2.21. The molecule has 0 spiro atoms. The molecule has 2 aromatic rings. The zero-order valence-corrected chi connectivity index (χ0v) is 14.7. The summed E-state index contributed by atoms with van der Waals surface area (Å²) >= 11 is 0. The van der Waals surface area contributed by atoms with Crippen LogP contribution >= 0.6 is 0 Å². The van der Waals surface area contributed by atoms with Crippen molar-refractivity contribution in [2.75, 3.05) is 17.2 Å². The Morgan fingerprint density at radius 3 is 2.23 bits per heavy atom. The molecular weight excluding hydrogens is 330 g/mol. The molecule has 0 aromatic heterocycles. The molecule has 3 rings (SSSR count). The number of ether oxygens (including phenoxy) is 1. The van der Waals surface area contributed by atoms with Gasteiger partial charge in [-0.25, -0.2) is 0 Å². The van der Waals surface area contributed by atoms with Gasteiger partial charge in [-0.1, -0.05) is 30.3 Å². The average molecular weight is 353 g/mol. The van der Waals surface area contributed by atoms with Gasteiger partial charge in [0.05, 0.1) is 0 Å². The quantitative estimate of drug-likeness (QED) is 0.770. The van der Waals surface area contributed by atoms with Crippen molar-refractivity contribution in [3.63, 3.8) is 0 Å². The van der Waals surface area contributed by atoms with Crippen LogP contribution in [0.3, 0.4) is 0 Å². The summed E-state index contributed by atoms with van der Waals surface area (Å²) in [5.41, 5.74) is 7.07. The summed E-state index contributed by atoms with van der Waals surface area (Å²) in [7, 11) is 0. The Bertz CT molecular complexity index is 767. The number of carbonyl (C=O) groups is 2. The summed E-state index contributed by atoms with van der Waals surface area (Å²) in [6.07, 6.45) is 1.27. The fourth-order valence-electron chi connectivity index (χ4n) is 2.82. The van der Waals surface area contributed by atoms with Crippen LogP contribution in [0, 0.1) is 0 Å². The third-order valence-electron chi connectivity index (χ3n) is 4.48. The molecule has 1 heterocycles. The van der Waals surface area contributed by atoms with Crippen LogP contribution in [0.2, 0.25) is 0 Å². The van der Waals surface area contributed by atoms with Crippen LogP contribution in [0.4, 0.5) is 11.4 Å². The molecule has 0 aliphatic carbocycles. The van der Waals surface area contributed by atoms with Crippen molar-refractivity contribution in [1.82, 2.24) is 0 Å². The lowest BCUT2D eigenvalue weighted by molar-refractivity contribution is -0.124. The van der Waals surface area contributed by atoms with E-state index in [0.717, 1.165) is 18.4 Å². The van der Waals surface area contributed by atoms with E-state index in [1.54, 1.807) is 31.2 Å². The lowest BCUT2D eigenvalue weighted by atomic mass is 9.92. The summed E-state index contributed by atoms with van der Waals surface area (Å²) in [5.74, 6) is -0.447. The first-order chi connectivity index (χ1) is 12.5. The summed E-state index contributed by atoms with van der Waals surface area (Å²) < 4.78 is 5.36. The number of nitrogens with two attached hydrogens (primary N) is 1. The van der Waals surface area contributed by atoms with Crippen LogP contribution < -0.4 is 16.4 Å². The van der Waals surface area contributed by atoms with Gasteiger partial charge in [0.25, 0.3) is 5.91 Å². The maximum atomic E-state index is 12.5. The SMILES string of the molecule is CC(N)(C(=O)Nc1ccc(NC(=O)C2CCCO2)cc1)c1ccccc1. The lowest BCUT2D eigenvalue weighted by Gasteiger charge is -2.24. The number of nitrogens with one attached hydrogen (secondary N) is 2. The van der Waals surface area contributed by atoms with Gasteiger partial charge in [-0.2, -0.15) is 0 Å². The van der Waals surface area contributed by atoms with Crippen LogP contribution in [0.5, 0.6) is 0 Å². The van der Waals surface area contributed by atoms with Crippen LogP contribution in [0.15, 0.2) is 54.6 Å². The minimum atomic E-state index is -1.14. The minimum absolute atomic E-state index is 0.141. The zero-order valence-electron chi connectivity index (χ0n) is 14.7. The highest BCUT2D eigenvalue weighted by atomic mass is 16.5. The van der Waals surface area contributed by atoms with Gasteiger partial charge in [-0.05, 0) is 49.6 Å². The molecule has 2 atom stereocenters. The van der Waals surface area contributed by atoms with Crippen molar-refractivity contribution < 1.29 is 14.3 Å². The van der Waals surface area contributed by atoms with Gasteiger partial charge in [0, 0.05) is 18.0 Å². The summed E-state index contributed by atoms with van der Waals surface area (Å²) in [4.78, 5) is 24.6. The molecule has 1 aliphatic heterocycles. The predicted molar refractivity (Wildman–Crippen MR) is 101 cm³/mol. The first kappa shape index (κ1) is 18.1. The number of carbonyl (C=O) groups excluding carboxylic acids is 2. The first-order valence-corrected chi connectivity index (χ1v) is 8.65. The van der Waals surface area contributed by atoms with Crippen molar-refractivity contribution in [2.45, 2.75) is 31.4 Å². The Labute approximate surface area is 152 Å². The van der Waals surface area contributed by atoms with Gasteiger partial charge in [-0.3, -0.25) is 9.59 Å². The second-order valence-corrected chi connectivity index (χ2v) is 6.59. The molecule has 2 aromatic carbocycles. The summed E-state index contributed by atoms with van der Waals surface area (Å²) in [6.45, 7) is 2.30. The normalized spacial score (nSPS) is 18.8. The van der Waals surface area contributed by atoms with Crippen molar-refractivity contribution >= 4 is 23.2 Å². The van der Waals surface area contributed by atoms with Gasteiger partial charge in [-0.15, -0.1) is 0 Å². The Morgan fingerprint density at radius 1 is 1.04 bits per heavy atom. The molecule has 1 saturated heterocycles. The topological polar surface area (TPSA) is 93.5 Å². The Hall–Kier alpha value is -2.70. The van der Waals surface area contributed by atoms with E-state index >= 15 is 0 Å². The number of hydrogen-bond donors (Lipinski definition) is 3. The fourth-order valence-corrected chi connectivity index (χ4v) is 2.82. The van der Waals surface area contributed by atoms with E-state index in [-0.39, 0.29) is 17.9 Å². The Balaban J connectivity index is 1.62. The van der Waals surface area contributed by atoms with Gasteiger partial charge >= 0.3 is 0 Å². The van der Waals surface area contributed by atoms with Crippen LogP contribution in [0.25, 0.3) is 0 Å². The van der Waals surface area contributed by atoms with Crippen LogP contribution in [-0.4, -0.2) is 24.5 Å². The number of anilines is 2. The van der Waals surface area contributed by atoms with E-state index in [9.17, 15) is 9.59 Å². The third-order valence-corrected chi connectivity index (χ3v) is 4.48. The van der Waals surface area contributed by atoms with Crippen LogP contribution in [0.1, 0.15) is 25.3 Å². The minimum Gasteiger partial charge on any atom is -0.368 e. The molecule has 1 aliphatic rings. The predicted octanol–water partition coefficient (Wildman–Crippen LogP) is 2.62. The smallest absolute Gasteiger partial charge is 0.253 e. The second-order valence-electron chi connectivity index (χ2n) is 6.59. The number of amides is 2. The largest absolute Gasteiger partial charge is 0.368 e. The first-order valence-electron chi connectivity index (χ1n) is 8.65. The van der Waals surface area contributed by atoms with Crippen molar-refractivity contribution in [2.24, 2.45) is 5.73 Å². The standard InChI is InChI=1S/C20H23N3O3/c1-20(21,14-6-3-2-4-7-14)19(25)23-16-11-9-15(10-12-16)22-18(24)17-8-5-13-26-17/h2-4,6-7,9-12,17H,5,8,13,21H2,1H3,(H,22,24)(H,23,25). The maximum Gasteiger partial charge on any atom is 0.253 e. The van der Waals surface area contributed by atoms with E-state index in [0.29, 0.717) is 18.0 Å². The molecule has 26 heavy (non-hydrogen) atoms. The highest BCUT2D eigenvalue weighted by molar-refractivity contribution is 5.99. The molecule has 6 heteroatoms. The average Bonchev–Trinajstić information content (AvgIpc) is 3.19. The van der Waals surface area contributed by atoms with E-state index in [1.807, 2.05) is 30.3 Å². The molecule has 0 radical (unpaired) electrons. The zero-order chi connectivity index (χ0) is 18.6. The van der Waals surface area contributed by atoms with E-state index in [4.69, 9.17) is 10.5 Å². The second kappa shape index (κ2) is 7.68. The number of hydrogen-bond acceptors (Lipinski definition) is 4. The Morgan fingerprint density at radius 2 is 1.65 bits per heavy atom. The van der Waals surface area contributed by atoms with Crippen molar-refractivity contribution in [1.29, 1.82) is 0 Å². The monoisotopic (exact) mass is 353 g/mol. The molecule has 0 saturated carbocycles. The molecule has 4 N–H and O–H groups in total. The van der Waals surface area contributed by atoms with E-state index < -0.39 is 5.54 Å². The molecule has 2 unspecified atom stereocenters. The highest BCUT2D eigenvalue weighted by Gasteiger charge is 2.30. The third kappa shape index (κ3) is 4.09. The number of rotatable bonds is 5. The molecule has 6 nitrogen and oxygen atoms in total. The van der Waals surface area contributed by atoms with E-state index in [2.05, 4.69) is 10.6 Å².